The van der Waals surface area contributed by atoms with E-state index < -0.39 is 0 Å². The molecule has 1 heterocycles. The maximum atomic E-state index is 10.7. The Hall–Kier alpha value is -1.58. The Morgan fingerprint density at radius 3 is 2.20 bits per heavy atom. The monoisotopic (exact) mass is 280 g/mol. The van der Waals surface area contributed by atoms with E-state index in [1.165, 1.54) is 18.9 Å². The molecule has 2 rings (SSSR count). The molecule has 1 aromatic carbocycles. The first kappa shape index (κ1) is 18.4. The van der Waals surface area contributed by atoms with Crippen molar-refractivity contribution in [1.29, 1.82) is 0 Å². The maximum absolute atomic E-state index is 10.7. The molecule has 0 radical (unpaired) electrons. The number of nitrogens with zero attached hydrogens (tertiary/aromatic N) is 2. The smallest absolute Gasteiger partial charge is 0.271 e. The number of rotatable bonds is 2. The molecule has 0 bridgehead atoms. The second kappa shape index (κ2) is 10.2. The van der Waals surface area contributed by atoms with Crippen molar-refractivity contribution in [2.45, 2.75) is 47.5 Å². The molecule has 4 nitrogen and oxygen atoms in total. The fourth-order valence-corrected chi connectivity index (χ4v) is 2.07. The topological polar surface area (TPSA) is 46.4 Å². The average Bonchev–Trinajstić information content (AvgIpc) is 2.52. The maximum Gasteiger partial charge on any atom is 0.271 e. The third-order valence-corrected chi connectivity index (χ3v) is 3.19. The summed E-state index contributed by atoms with van der Waals surface area (Å²) < 4.78 is 0. The Kier molecular flexibility index (Phi) is 9.43. The summed E-state index contributed by atoms with van der Waals surface area (Å²) in [4.78, 5) is 12.6. The third kappa shape index (κ3) is 5.59. The SMILES string of the molecule is CC.CC.CC1CCN(c2cccc([N+](=O)[O-])c2)CC1. The minimum absolute atomic E-state index is 0.177. The van der Waals surface area contributed by atoms with Crippen molar-refractivity contribution in [2.24, 2.45) is 5.92 Å². The van der Waals surface area contributed by atoms with E-state index >= 15 is 0 Å². The summed E-state index contributed by atoms with van der Waals surface area (Å²) in [5.41, 5.74) is 1.15. The normalized spacial score (nSPS) is 14.6. The van der Waals surface area contributed by atoms with Gasteiger partial charge in [0.05, 0.1) is 4.92 Å². The molecule has 0 saturated carbocycles. The molecular formula is C16H28N2O2. The molecule has 114 valence electrons. The largest absolute Gasteiger partial charge is 0.371 e. The summed E-state index contributed by atoms with van der Waals surface area (Å²) >= 11 is 0. The number of non-ortho nitro benzene ring substituents is 1. The average molecular weight is 280 g/mol. The molecule has 1 fully saturated rings. The van der Waals surface area contributed by atoms with Crippen LogP contribution in [0.4, 0.5) is 11.4 Å². The van der Waals surface area contributed by atoms with E-state index in [2.05, 4.69) is 11.8 Å². The van der Waals surface area contributed by atoms with Crippen molar-refractivity contribution in [2.75, 3.05) is 18.0 Å². The van der Waals surface area contributed by atoms with Crippen molar-refractivity contribution < 1.29 is 4.92 Å². The quantitative estimate of drug-likeness (QED) is 0.572. The zero-order chi connectivity index (χ0) is 15.5. The van der Waals surface area contributed by atoms with Gasteiger partial charge in [-0.05, 0) is 24.8 Å². The Labute approximate surface area is 122 Å². The van der Waals surface area contributed by atoms with Gasteiger partial charge in [0.15, 0.2) is 0 Å². The first-order valence-corrected chi connectivity index (χ1v) is 7.66. The summed E-state index contributed by atoms with van der Waals surface area (Å²) in [6, 6.07) is 6.90. The van der Waals surface area contributed by atoms with Crippen LogP contribution in [0.15, 0.2) is 24.3 Å². The first-order chi connectivity index (χ1) is 9.66. The molecule has 1 aliphatic rings. The summed E-state index contributed by atoms with van der Waals surface area (Å²) in [6.45, 7) is 12.3. The summed E-state index contributed by atoms with van der Waals surface area (Å²) in [7, 11) is 0. The number of nitro benzene ring substituents is 1. The van der Waals surface area contributed by atoms with Crippen LogP contribution in [0.2, 0.25) is 0 Å². The van der Waals surface area contributed by atoms with Crippen LogP contribution in [0.25, 0.3) is 0 Å². The van der Waals surface area contributed by atoms with Gasteiger partial charge in [-0.2, -0.15) is 0 Å². The molecule has 20 heavy (non-hydrogen) atoms. The standard InChI is InChI=1S/C12H16N2O2.2C2H6/c1-10-5-7-13(8-6-10)11-3-2-4-12(9-11)14(15)16;2*1-2/h2-4,9-10H,5-8H2,1H3;2*1-2H3. The van der Waals surface area contributed by atoms with E-state index in [0.29, 0.717) is 0 Å². The fraction of sp³-hybridized carbons (Fsp3) is 0.625. The van der Waals surface area contributed by atoms with E-state index in [9.17, 15) is 10.1 Å². The van der Waals surface area contributed by atoms with Crippen LogP contribution in [0.1, 0.15) is 47.5 Å². The fourth-order valence-electron chi connectivity index (χ4n) is 2.07. The van der Waals surface area contributed by atoms with E-state index in [1.54, 1.807) is 12.1 Å². The van der Waals surface area contributed by atoms with Crippen LogP contribution >= 0.6 is 0 Å². The van der Waals surface area contributed by atoms with Gasteiger partial charge in [-0.15, -0.1) is 0 Å². The molecule has 1 aliphatic heterocycles. The highest BCUT2D eigenvalue weighted by Gasteiger charge is 2.17. The van der Waals surface area contributed by atoms with Crippen LogP contribution in [-0.4, -0.2) is 18.0 Å². The van der Waals surface area contributed by atoms with Gasteiger partial charge >= 0.3 is 0 Å². The van der Waals surface area contributed by atoms with Crippen LogP contribution in [0, 0.1) is 16.0 Å². The molecule has 0 unspecified atom stereocenters. The van der Waals surface area contributed by atoms with E-state index in [4.69, 9.17) is 0 Å². The highest BCUT2D eigenvalue weighted by Crippen LogP contribution is 2.25. The number of piperidine rings is 1. The van der Waals surface area contributed by atoms with Gasteiger partial charge in [0.2, 0.25) is 0 Å². The van der Waals surface area contributed by atoms with Gasteiger partial charge in [0.25, 0.3) is 5.69 Å². The molecule has 0 aromatic heterocycles. The van der Waals surface area contributed by atoms with E-state index in [1.807, 2.05) is 33.8 Å². The molecule has 4 heteroatoms. The second-order valence-corrected chi connectivity index (χ2v) is 4.45. The van der Waals surface area contributed by atoms with Gasteiger partial charge in [-0.3, -0.25) is 10.1 Å². The van der Waals surface area contributed by atoms with E-state index in [-0.39, 0.29) is 10.6 Å². The van der Waals surface area contributed by atoms with Crippen molar-refractivity contribution in [3.05, 3.63) is 34.4 Å². The summed E-state index contributed by atoms with van der Waals surface area (Å²) in [5.74, 6) is 0.773. The highest BCUT2D eigenvalue weighted by molar-refractivity contribution is 5.53. The van der Waals surface area contributed by atoms with Gasteiger partial charge in [0, 0.05) is 30.9 Å². The number of hydrogen-bond acceptors (Lipinski definition) is 3. The Bertz CT molecular complexity index is 386. The predicted molar refractivity (Wildman–Crippen MR) is 86.4 cm³/mol. The van der Waals surface area contributed by atoms with Crippen molar-refractivity contribution in [3.8, 4) is 0 Å². The Morgan fingerprint density at radius 1 is 1.15 bits per heavy atom. The van der Waals surface area contributed by atoms with Gasteiger partial charge in [0.1, 0.15) is 0 Å². The van der Waals surface area contributed by atoms with Crippen molar-refractivity contribution in [1.82, 2.24) is 0 Å². The number of anilines is 1. The van der Waals surface area contributed by atoms with Gasteiger partial charge in [-0.25, -0.2) is 0 Å². The number of hydrogen-bond donors (Lipinski definition) is 0. The van der Waals surface area contributed by atoms with Gasteiger partial charge < -0.3 is 4.90 Å². The van der Waals surface area contributed by atoms with E-state index in [0.717, 1.165) is 24.7 Å². The first-order valence-electron chi connectivity index (χ1n) is 7.66. The number of nitro groups is 1. The highest BCUT2D eigenvalue weighted by atomic mass is 16.6. The van der Waals surface area contributed by atoms with Gasteiger partial charge in [-0.1, -0.05) is 40.7 Å². The molecule has 0 aliphatic carbocycles. The lowest BCUT2D eigenvalue weighted by atomic mass is 9.99. The number of benzene rings is 1. The molecule has 1 saturated heterocycles. The molecule has 0 amide bonds. The lowest BCUT2D eigenvalue weighted by Crippen LogP contribution is -2.32. The van der Waals surface area contributed by atoms with Crippen LogP contribution < -0.4 is 4.90 Å². The van der Waals surface area contributed by atoms with Crippen LogP contribution in [-0.2, 0) is 0 Å². The predicted octanol–water partition coefficient (Wildman–Crippen LogP) is 4.88. The summed E-state index contributed by atoms with van der Waals surface area (Å²) in [5, 5.41) is 10.7. The molecule has 0 N–H and O–H groups in total. The second-order valence-electron chi connectivity index (χ2n) is 4.45. The molecule has 1 aromatic rings. The third-order valence-electron chi connectivity index (χ3n) is 3.19. The molecule has 0 spiro atoms. The Morgan fingerprint density at radius 2 is 1.70 bits per heavy atom. The van der Waals surface area contributed by atoms with Crippen molar-refractivity contribution >= 4 is 11.4 Å². The Balaban J connectivity index is 0.000000829. The zero-order valence-corrected chi connectivity index (χ0v) is 13.4. The molecular weight excluding hydrogens is 252 g/mol. The lowest BCUT2D eigenvalue weighted by molar-refractivity contribution is -0.384. The minimum Gasteiger partial charge on any atom is -0.371 e. The minimum atomic E-state index is -0.337. The lowest BCUT2D eigenvalue weighted by Gasteiger charge is -2.31. The summed E-state index contributed by atoms with van der Waals surface area (Å²) in [6.07, 6.45) is 2.34. The van der Waals surface area contributed by atoms with Crippen LogP contribution in [0.3, 0.4) is 0 Å². The zero-order valence-electron chi connectivity index (χ0n) is 13.4. The van der Waals surface area contributed by atoms with Crippen LogP contribution in [0.5, 0.6) is 0 Å². The van der Waals surface area contributed by atoms with Crippen molar-refractivity contribution in [3.63, 3.8) is 0 Å². The molecule has 0 atom stereocenters.